The number of hydrogen-bond donors (Lipinski definition) is 1. The first-order valence-electron chi connectivity index (χ1n) is 39.7. The van der Waals surface area contributed by atoms with Crippen molar-refractivity contribution in [3.63, 3.8) is 0 Å². The van der Waals surface area contributed by atoms with Gasteiger partial charge in [-0.15, -0.1) is 0 Å². The summed E-state index contributed by atoms with van der Waals surface area (Å²) in [5.41, 5.74) is 0. The fourth-order valence-corrected chi connectivity index (χ4v) is 12.6. The summed E-state index contributed by atoms with van der Waals surface area (Å²) in [6, 6.07) is 0. The van der Waals surface area contributed by atoms with Crippen LogP contribution in [0.3, 0.4) is 0 Å². The Balaban J connectivity index is 3.89. The molecular formula is C79H156NO8+. The van der Waals surface area contributed by atoms with E-state index in [1.807, 2.05) is 21.1 Å². The normalized spacial score (nSPS) is 12.5. The molecule has 0 amide bonds. The minimum absolute atomic E-state index is 0.172. The van der Waals surface area contributed by atoms with Gasteiger partial charge in [-0.2, -0.15) is 0 Å². The predicted molar refractivity (Wildman–Crippen MR) is 379 cm³/mol. The molecule has 9 nitrogen and oxygen atoms in total. The summed E-state index contributed by atoms with van der Waals surface area (Å²) in [7, 11) is 6.00. The number of rotatable bonds is 76. The molecule has 0 radical (unpaired) electrons. The van der Waals surface area contributed by atoms with Crippen LogP contribution >= 0.6 is 0 Å². The van der Waals surface area contributed by atoms with Gasteiger partial charge in [0.15, 0.2) is 6.10 Å². The second-order valence-electron chi connectivity index (χ2n) is 28.7. The van der Waals surface area contributed by atoms with Crippen LogP contribution in [0.4, 0.5) is 0 Å². The van der Waals surface area contributed by atoms with Crippen LogP contribution in [-0.4, -0.2) is 87.4 Å². The number of carbonyl (C=O) groups excluding carboxylic acids is 2. The fourth-order valence-electron chi connectivity index (χ4n) is 12.6. The van der Waals surface area contributed by atoms with Crippen molar-refractivity contribution < 1.29 is 42.9 Å². The zero-order chi connectivity index (χ0) is 64.0. The molecule has 0 aromatic carbocycles. The van der Waals surface area contributed by atoms with Crippen molar-refractivity contribution in [1.82, 2.24) is 0 Å². The van der Waals surface area contributed by atoms with Crippen LogP contribution in [-0.2, 0) is 33.3 Å². The largest absolute Gasteiger partial charge is 0.477 e. The van der Waals surface area contributed by atoms with Gasteiger partial charge in [-0.05, 0) is 12.8 Å². The summed E-state index contributed by atoms with van der Waals surface area (Å²) < 4.78 is 23.0. The van der Waals surface area contributed by atoms with E-state index in [9.17, 15) is 19.5 Å². The average Bonchev–Trinajstić information content (AvgIpc) is 3.55. The van der Waals surface area contributed by atoms with Crippen LogP contribution in [0.5, 0.6) is 0 Å². The van der Waals surface area contributed by atoms with Crippen LogP contribution in [0.15, 0.2) is 0 Å². The molecule has 0 aliphatic heterocycles. The number of aliphatic carboxylic acids is 1. The first kappa shape index (κ1) is 86.3. The molecule has 0 heterocycles. The lowest BCUT2D eigenvalue weighted by molar-refractivity contribution is -0.870. The van der Waals surface area contributed by atoms with Crippen molar-refractivity contribution in [3.05, 3.63) is 0 Å². The number of carboxylic acids is 1. The quantitative estimate of drug-likeness (QED) is 0.0278. The van der Waals surface area contributed by atoms with Crippen LogP contribution in [0.2, 0.25) is 0 Å². The zero-order valence-corrected chi connectivity index (χ0v) is 60.2. The van der Waals surface area contributed by atoms with Crippen molar-refractivity contribution in [2.24, 2.45) is 0 Å². The zero-order valence-electron chi connectivity index (χ0n) is 60.2. The Morgan fingerprint density at radius 2 is 0.511 bits per heavy atom. The van der Waals surface area contributed by atoms with Crippen LogP contribution in [0.1, 0.15) is 431 Å². The van der Waals surface area contributed by atoms with Crippen molar-refractivity contribution >= 4 is 17.9 Å². The van der Waals surface area contributed by atoms with Crippen LogP contribution in [0.25, 0.3) is 0 Å². The third-order valence-electron chi connectivity index (χ3n) is 18.6. The molecule has 0 rings (SSSR count). The summed E-state index contributed by atoms with van der Waals surface area (Å²) in [6.07, 6.45) is 84.2. The van der Waals surface area contributed by atoms with E-state index in [2.05, 4.69) is 13.8 Å². The molecule has 524 valence electrons. The Hall–Kier alpha value is -1.71. The van der Waals surface area contributed by atoms with Gasteiger partial charge in [-0.1, -0.05) is 406 Å². The second kappa shape index (κ2) is 71.1. The summed E-state index contributed by atoms with van der Waals surface area (Å²) in [6.45, 7) is 4.98. The van der Waals surface area contributed by atoms with Gasteiger partial charge >= 0.3 is 17.9 Å². The summed E-state index contributed by atoms with van der Waals surface area (Å²) in [5, 5.41) is 9.76. The number of carboxylic acid groups (broad SMARTS) is 1. The molecule has 0 aliphatic carbocycles. The Bertz CT molecular complexity index is 1400. The first-order valence-corrected chi connectivity index (χ1v) is 39.7. The summed E-state index contributed by atoms with van der Waals surface area (Å²) >= 11 is 0. The number of quaternary nitrogens is 1. The number of hydrogen-bond acceptors (Lipinski definition) is 7. The second-order valence-corrected chi connectivity index (χ2v) is 28.7. The number of likely N-dealkylation sites (N-methyl/N-ethyl adjacent to an activating group) is 1. The van der Waals surface area contributed by atoms with Gasteiger partial charge in [0.2, 0.25) is 0 Å². The molecule has 0 aromatic rings. The molecule has 0 saturated heterocycles. The molecule has 0 saturated carbocycles. The fraction of sp³-hybridized carbons (Fsp3) is 0.962. The van der Waals surface area contributed by atoms with Gasteiger partial charge in [-0.25, -0.2) is 4.79 Å². The van der Waals surface area contributed by atoms with E-state index < -0.39 is 18.4 Å². The molecule has 0 spiro atoms. The van der Waals surface area contributed by atoms with E-state index in [0.717, 1.165) is 38.5 Å². The van der Waals surface area contributed by atoms with Gasteiger partial charge in [0.25, 0.3) is 6.29 Å². The number of unbranched alkanes of at least 4 members (excludes halogenated alkanes) is 61. The van der Waals surface area contributed by atoms with Crippen LogP contribution in [0, 0.1) is 0 Å². The van der Waals surface area contributed by atoms with E-state index in [-0.39, 0.29) is 38.2 Å². The van der Waals surface area contributed by atoms with Gasteiger partial charge < -0.3 is 28.5 Å². The molecule has 2 atom stereocenters. The van der Waals surface area contributed by atoms with Gasteiger partial charge in [0.05, 0.1) is 34.4 Å². The number of nitrogens with zero attached hydrogens (tertiary/aromatic N) is 1. The van der Waals surface area contributed by atoms with E-state index in [4.69, 9.17) is 18.9 Å². The van der Waals surface area contributed by atoms with E-state index in [1.54, 1.807) is 0 Å². The number of ether oxygens (including phenoxy) is 4. The van der Waals surface area contributed by atoms with Crippen molar-refractivity contribution in [2.75, 3.05) is 47.5 Å². The standard InChI is InChI=1S/C79H155NO8/c1-6-8-10-12-14-16-18-20-22-24-26-28-30-31-32-33-34-35-36-37-38-39-40-41-42-43-44-45-46-47-48-50-52-54-56-58-60-62-64-66-68-70-77(82)88-75(74-87-79(78(83)84)85-72-71-80(3,4)5)73-86-76(81)69-67-65-63-61-59-57-55-53-51-49-29-27-25-23-21-19-17-15-13-11-9-7-2/h75,79H,6-74H2,1-5H3/p+1. The highest BCUT2D eigenvalue weighted by Gasteiger charge is 2.25. The highest BCUT2D eigenvalue weighted by atomic mass is 16.7. The molecule has 0 aromatic heterocycles. The molecule has 88 heavy (non-hydrogen) atoms. The lowest BCUT2D eigenvalue weighted by Gasteiger charge is -2.25. The maximum Gasteiger partial charge on any atom is 0.361 e. The molecule has 2 unspecified atom stereocenters. The summed E-state index contributed by atoms with van der Waals surface area (Å²) in [4.78, 5) is 37.7. The number of esters is 2. The topological polar surface area (TPSA) is 108 Å². The molecule has 0 bridgehead atoms. The maximum absolute atomic E-state index is 13.0. The smallest absolute Gasteiger partial charge is 0.361 e. The van der Waals surface area contributed by atoms with Gasteiger partial charge in [0, 0.05) is 12.8 Å². The highest BCUT2D eigenvalue weighted by molar-refractivity contribution is 5.71. The minimum atomic E-state index is -1.50. The van der Waals surface area contributed by atoms with Crippen molar-refractivity contribution in [1.29, 1.82) is 0 Å². The van der Waals surface area contributed by atoms with E-state index in [1.165, 1.54) is 366 Å². The lowest BCUT2D eigenvalue weighted by Crippen LogP contribution is -2.40. The molecule has 1 N–H and O–H groups in total. The Morgan fingerprint density at radius 1 is 0.295 bits per heavy atom. The molecule has 0 fully saturated rings. The molecule has 0 aliphatic rings. The van der Waals surface area contributed by atoms with Crippen molar-refractivity contribution in [2.45, 2.75) is 444 Å². The Morgan fingerprint density at radius 3 is 0.727 bits per heavy atom. The molecular weight excluding hydrogens is 1090 g/mol. The van der Waals surface area contributed by atoms with Gasteiger partial charge in [-0.3, -0.25) is 9.59 Å². The Kier molecular flexibility index (Phi) is 69.8. The highest BCUT2D eigenvalue weighted by Crippen LogP contribution is 2.21. The SMILES string of the molecule is CCCCCCCCCCCCCCCCCCCCCCCCCCCCCCCCCCCCCCCCCCCC(=O)OC(COC(=O)CCCCCCCCCCCCCCCCCCCCCCCC)COC(OCC[N+](C)(C)C)C(=O)O. The first-order chi connectivity index (χ1) is 43.1. The van der Waals surface area contributed by atoms with Gasteiger partial charge in [0.1, 0.15) is 13.2 Å². The third kappa shape index (κ3) is 71.7. The average molecular weight is 1250 g/mol. The van der Waals surface area contributed by atoms with E-state index in [0.29, 0.717) is 17.4 Å². The van der Waals surface area contributed by atoms with Crippen LogP contribution < -0.4 is 0 Å². The number of carbonyl (C=O) groups is 3. The predicted octanol–water partition coefficient (Wildman–Crippen LogP) is 25.0. The summed E-state index contributed by atoms with van der Waals surface area (Å²) in [5.74, 6) is -1.96. The monoisotopic (exact) mass is 1250 g/mol. The third-order valence-corrected chi connectivity index (χ3v) is 18.6. The minimum Gasteiger partial charge on any atom is -0.477 e. The maximum atomic E-state index is 13.0. The van der Waals surface area contributed by atoms with Crippen molar-refractivity contribution in [3.8, 4) is 0 Å². The van der Waals surface area contributed by atoms with E-state index >= 15 is 0 Å². The lowest BCUT2D eigenvalue weighted by atomic mass is 10.0. The molecule has 9 heteroatoms. The Labute approximate surface area is 549 Å².